The van der Waals surface area contributed by atoms with Gasteiger partial charge in [-0.25, -0.2) is 0 Å². The molecular formula is C19H23NO2. The van der Waals surface area contributed by atoms with Crippen LogP contribution >= 0.6 is 0 Å². The summed E-state index contributed by atoms with van der Waals surface area (Å²) in [7, 11) is 2.12. The Morgan fingerprint density at radius 1 is 1.09 bits per heavy atom. The van der Waals surface area contributed by atoms with Gasteiger partial charge >= 0.3 is 0 Å². The third-order valence-electron chi connectivity index (χ3n) is 3.98. The van der Waals surface area contributed by atoms with Crippen LogP contribution in [0.5, 0.6) is 5.75 Å². The molecule has 3 nitrogen and oxygen atoms in total. The quantitative estimate of drug-likeness (QED) is 0.847. The van der Waals surface area contributed by atoms with Crippen molar-refractivity contribution in [3.8, 4) is 5.75 Å². The third kappa shape index (κ3) is 4.09. The zero-order valence-corrected chi connectivity index (χ0v) is 13.1. The molecule has 1 aliphatic rings. The summed E-state index contributed by atoms with van der Waals surface area (Å²) < 4.78 is 11.8. The predicted octanol–water partition coefficient (Wildman–Crippen LogP) is 2.99. The second-order valence-electron chi connectivity index (χ2n) is 5.84. The Kier molecular flexibility index (Phi) is 5.09. The molecule has 0 amide bonds. The van der Waals surface area contributed by atoms with E-state index in [2.05, 4.69) is 48.3 Å². The van der Waals surface area contributed by atoms with E-state index in [9.17, 15) is 0 Å². The first kappa shape index (κ1) is 15.1. The van der Waals surface area contributed by atoms with Gasteiger partial charge in [0.05, 0.1) is 6.61 Å². The molecule has 2 aromatic rings. The molecule has 0 aliphatic carbocycles. The largest absolute Gasteiger partial charge is 0.491 e. The number of morpholine rings is 1. The van der Waals surface area contributed by atoms with Gasteiger partial charge < -0.3 is 14.4 Å². The van der Waals surface area contributed by atoms with E-state index in [-0.39, 0.29) is 6.10 Å². The lowest BCUT2D eigenvalue weighted by molar-refractivity contribution is -0.0404. The summed E-state index contributed by atoms with van der Waals surface area (Å²) in [5, 5.41) is 0. The maximum Gasteiger partial charge on any atom is 0.122 e. The van der Waals surface area contributed by atoms with Gasteiger partial charge in [-0.1, -0.05) is 48.5 Å². The highest BCUT2D eigenvalue weighted by molar-refractivity contribution is 5.37. The SMILES string of the molecule is CN1CCO[C@@H](COc2ccccc2Cc2ccccc2)C1. The van der Waals surface area contributed by atoms with Gasteiger partial charge in [0.1, 0.15) is 18.5 Å². The highest BCUT2D eigenvalue weighted by Crippen LogP contribution is 2.22. The van der Waals surface area contributed by atoms with Crippen molar-refractivity contribution in [3.05, 3.63) is 65.7 Å². The molecule has 3 heteroatoms. The van der Waals surface area contributed by atoms with Crippen LogP contribution in [-0.4, -0.2) is 44.4 Å². The highest BCUT2D eigenvalue weighted by atomic mass is 16.5. The van der Waals surface area contributed by atoms with Crippen molar-refractivity contribution in [3.63, 3.8) is 0 Å². The summed E-state index contributed by atoms with van der Waals surface area (Å²) in [6.45, 7) is 3.33. The van der Waals surface area contributed by atoms with E-state index < -0.39 is 0 Å². The molecule has 116 valence electrons. The number of rotatable bonds is 5. The molecule has 2 aromatic carbocycles. The monoisotopic (exact) mass is 297 g/mol. The van der Waals surface area contributed by atoms with E-state index in [4.69, 9.17) is 9.47 Å². The maximum absolute atomic E-state index is 6.05. The first-order chi connectivity index (χ1) is 10.8. The molecule has 1 fully saturated rings. The van der Waals surface area contributed by atoms with E-state index in [0.717, 1.165) is 31.9 Å². The van der Waals surface area contributed by atoms with E-state index in [1.807, 2.05) is 18.2 Å². The van der Waals surface area contributed by atoms with Crippen molar-refractivity contribution >= 4 is 0 Å². The molecule has 1 heterocycles. The van der Waals surface area contributed by atoms with Gasteiger partial charge in [0, 0.05) is 19.5 Å². The van der Waals surface area contributed by atoms with Crippen LogP contribution < -0.4 is 4.74 Å². The van der Waals surface area contributed by atoms with Gasteiger partial charge in [-0.05, 0) is 24.2 Å². The van der Waals surface area contributed by atoms with E-state index in [1.54, 1.807) is 0 Å². The van der Waals surface area contributed by atoms with E-state index in [1.165, 1.54) is 11.1 Å². The molecule has 0 aromatic heterocycles. The van der Waals surface area contributed by atoms with Gasteiger partial charge in [-0.15, -0.1) is 0 Å². The Balaban J connectivity index is 1.63. The van der Waals surface area contributed by atoms with Gasteiger partial charge in [-0.2, -0.15) is 0 Å². The van der Waals surface area contributed by atoms with Crippen LogP contribution in [0.1, 0.15) is 11.1 Å². The van der Waals surface area contributed by atoms with Crippen LogP contribution in [0.2, 0.25) is 0 Å². The number of nitrogens with zero attached hydrogens (tertiary/aromatic N) is 1. The van der Waals surface area contributed by atoms with Crippen LogP contribution in [-0.2, 0) is 11.2 Å². The van der Waals surface area contributed by atoms with Crippen LogP contribution in [0.4, 0.5) is 0 Å². The molecule has 0 spiro atoms. The molecule has 1 atom stereocenters. The molecule has 1 saturated heterocycles. The molecule has 22 heavy (non-hydrogen) atoms. The van der Waals surface area contributed by atoms with Crippen LogP contribution in [0.25, 0.3) is 0 Å². The molecule has 1 aliphatic heterocycles. The molecule has 0 radical (unpaired) electrons. The minimum Gasteiger partial charge on any atom is -0.491 e. The minimum atomic E-state index is 0.156. The van der Waals surface area contributed by atoms with Gasteiger partial charge in [0.25, 0.3) is 0 Å². The summed E-state index contributed by atoms with van der Waals surface area (Å²) >= 11 is 0. The maximum atomic E-state index is 6.05. The highest BCUT2D eigenvalue weighted by Gasteiger charge is 2.18. The number of ether oxygens (including phenoxy) is 2. The average molecular weight is 297 g/mol. The van der Waals surface area contributed by atoms with Crippen LogP contribution in [0, 0.1) is 0 Å². The van der Waals surface area contributed by atoms with Crippen molar-refractivity contribution in [2.75, 3.05) is 33.4 Å². The van der Waals surface area contributed by atoms with Crippen LogP contribution in [0.3, 0.4) is 0 Å². The lowest BCUT2D eigenvalue weighted by Crippen LogP contribution is -2.42. The molecule has 0 unspecified atom stereocenters. The number of hydrogen-bond acceptors (Lipinski definition) is 3. The number of hydrogen-bond donors (Lipinski definition) is 0. The molecule has 0 bridgehead atoms. The summed E-state index contributed by atoms with van der Waals surface area (Å²) in [6.07, 6.45) is 1.05. The number of likely N-dealkylation sites (N-methyl/N-ethyl adjacent to an activating group) is 1. The third-order valence-corrected chi connectivity index (χ3v) is 3.98. The van der Waals surface area contributed by atoms with Gasteiger partial charge in [0.15, 0.2) is 0 Å². The lowest BCUT2D eigenvalue weighted by atomic mass is 10.0. The summed E-state index contributed by atoms with van der Waals surface area (Å²) in [5.41, 5.74) is 2.52. The average Bonchev–Trinajstić information content (AvgIpc) is 2.55. The smallest absolute Gasteiger partial charge is 0.122 e. The number of para-hydroxylation sites is 1. The molecular weight excluding hydrogens is 274 g/mol. The van der Waals surface area contributed by atoms with Gasteiger partial charge in [0.2, 0.25) is 0 Å². The Hall–Kier alpha value is -1.84. The molecule has 3 rings (SSSR count). The zero-order valence-electron chi connectivity index (χ0n) is 13.1. The second kappa shape index (κ2) is 7.43. The standard InChI is InChI=1S/C19H23NO2/c1-20-11-12-21-18(14-20)15-22-19-10-6-5-9-17(19)13-16-7-3-2-4-8-16/h2-10,18H,11-15H2,1H3/t18-/m1/s1. The zero-order chi connectivity index (χ0) is 15.2. The second-order valence-corrected chi connectivity index (χ2v) is 5.84. The predicted molar refractivity (Wildman–Crippen MR) is 88.4 cm³/mol. The lowest BCUT2D eigenvalue weighted by Gasteiger charge is -2.30. The molecule has 0 N–H and O–H groups in total. The summed E-state index contributed by atoms with van der Waals surface area (Å²) in [6, 6.07) is 18.8. The van der Waals surface area contributed by atoms with Crippen molar-refractivity contribution in [1.82, 2.24) is 4.90 Å². The van der Waals surface area contributed by atoms with Crippen molar-refractivity contribution in [2.45, 2.75) is 12.5 Å². The summed E-state index contributed by atoms with van der Waals surface area (Å²) in [5.74, 6) is 0.961. The van der Waals surface area contributed by atoms with Crippen molar-refractivity contribution in [2.24, 2.45) is 0 Å². The Bertz CT molecular complexity index is 585. The van der Waals surface area contributed by atoms with E-state index in [0.29, 0.717) is 6.61 Å². The Morgan fingerprint density at radius 3 is 2.68 bits per heavy atom. The normalized spacial score (nSPS) is 19.0. The first-order valence-electron chi connectivity index (χ1n) is 7.86. The Morgan fingerprint density at radius 2 is 1.86 bits per heavy atom. The van der Waals surface area contributed by atoms with Crippen molar-refractivity contribution < 1.29 is 9.47 Å². The fraction of sp³-hybridized carbons (Fsp3) is 0.368. The van der Waals surface area contributed by atoms with Crippen molar-refractivity contribution in [1.29, 1.82) is 0 Å². The minimum absolute atomic E-state index is 0.156. The van der Waals surface area contributed by atoms with Crippen LogP contribution in [0.15, 0.2) is 54.6 Å². The topological polar surface area (TPSA) is 21.7 Å². The number of benzene rings is 2. The summed E-state index contributed by atoms with van der Waals surface area (Å²) in [4.78, 5) is 2.29. The fourth-order valence-electron chi connectivity index (χ4n) is 2.76. The Labute approximate surface area is 132 Å². The van der Waals surface area contributed by atoms with Gasteiger partial charge in [-0.3, -0.25) is 0 Å². The fourth-order valence-corrected chi connectivity index (χ4v) is 2.76. The molecule has 0 saturated carbocycles. The first-order valence-corrected chi connectivity index (χ1v) is 7.86. The van der Waals surface area contributed by atoms with E-state index >= 15 is 0 Å².